The molecule has 0 saturated heterocycles. The van der Waals surface area contributed by atoms with Gasteiger partial charge in [0.1, 0.15) is 0 Å². The van der Waals surface area contributed by atoms with Crippen molar-refractivity contribution >= 4 is 0 Å². The lowest BCUT2D eigenvalue weighted by molar-refractivity contribution is -0.0564. The fraction of sp³-hybridized carbons (Fsp3) is 0.545. The Morgan fingerprint density at radius 1 is 0.739 bits per heavy atom. The molecule has 3 saturated carbocycles. The van der Waals surface area contributed by atoms with E-state index in [1.54, 1.807) is 0 Å². The van der Waals surface area contributed by atoms with Crippen LogP contribution in [-0.2, 0) is 0 Å². The van der Waals surface area contributed by atoms with Crippen LogP contribution in [0.25, 0.3) is 0 Å². The van der Waals surface area contributed by atoms with Gasteiger partial charge in [0.15, 0.2) is 0 Å². The zero-order valence-electron chi connectivity index (χ0n) is 14.1. The maximum absolute atomic E-state index is 11.8. The Hall–Kier alpha value is -1.34. The minimum absolute atomic E-state index is 0.251. The highest BCUT2D eigenvalue weighted by Crippen LogP contribution is 2.69. The van der Waals surface area contributed by atoms with E-state index in [1.165, 1.54) is 0 Å². The normalized spacial score (nSPS) is 50.8. The van der Waals surface area contributed by atoms with Crippen molar-refractivity contribution in [3.8, 4) is 0 Å². The van der Waals surface area contributed by atoms with Gasteiger partial charge in [-0.15, -0.1) is 32.9 Å². The number of rotatable bonds is 6. The summed E-state index contributed by atoms with van der Waals surface area (Å²) in [4.78, 5) is 0. The van der Waals surface area contributed by atoms with Gasteiger partial charge in [-0.25, -0.2) is 0 Å². The molecule has 23 heavy (non-hydrogen) atoms. The summed E-state index contributed by atoms with van der Waals surface area (Å²) < 4.78 is 0. The molecule has 0 aliphatic heterocycles. The van der Waals surface area contributed by atoms with Crippen LogP contribution >= 0.6 is 0 Å². The maximum Gasteiger partial charge on any atom is 0.0755 e. The van der Waals surface area contributed by atoms with Gasteiger partial charge in [0, 0.05) is 0 Å². The van der Waals surface area contributed by atoms with Crippen LogP contribution in [0.3, 0.4) is 0 Å². The summed E-state index contributed by atoms with van der Waals surface area (Å²) in [6.07, 6.45) is 13.0. The third kappa shape index (κ3) is 2.09. The molecule has 0 aromatic carbocycles. The largest absolute Gasteiger partial charge is 0.389 e. The molecule has 0 amide bonds. The van der Waals surface area contributed by atoms with E-state index >= 15 is 0 Å². The number of fused-ring (bicyclic) bond motifs is 3. The van der Waals surface area contributed by atoms with E-state index in [9.17, 15) is 5.11 Å². The first-order valence-corrected chi connectivity index (χ1v) is 8.90. The summed E-state index contributed by atoms with van der Waals surface area (Å²) in [5.74, 6) is 3.07. The Balaban J connectivity index is 2.13. The Labute approximate surface area is 141 Å². The third-order valence-electron chi connectivity index (χ3n) is 7.11. The Bertz CT molecular complexity index is 490. The summed E-state index contributed by atoms with van der Waals surface area (Å²) in [6, 6.07) is 0. The summed E-state index contributed by atoms with van der Waals surface area (Å²) in [5.41, 5.74) is -0.704. The molecule has 0 radical (unpaired) electrons. The predicted molar refractivity (Wildman–Crippen MR) is 97.7 cm³/mol. The first-order valence-electron chi connectivity index (χ1n) is 8.90. The van der Waals surface area contributed by atoms with Crippen molar-refractivity contribution in [3.63, 3.8) is 0 Å². The van der Waals surface area contributed by atoms with Crippen LogP contribution in [0.4, 0.5) is 0 Å². The topological polar surface area (TPSA) is 20.2 Å². The van der Waals surface area contributed by atoms with Crippen molar-refractivity contribution in [2.24, 2.45) is 47.3 Å². The van der Waals surface area contributed by atoms with Crippen LogP contribution in [0, 0.1) is 47.3 Å². The molecule has 0 aromatic rings. The van der Waals surface area contributed by atoms with Crippen molar-refractivity contribution in [2.75, 3.05) is 0 Å². The molecule has 3 aliphatic carbocycles. The van der Waals surface area contributed by atoms with E-state index in [2.05, 4.69) is 57.2 Å². The van der Waals surface area contributed by atoms with Gasteiger partial charge in [0.2, 0.25) is 0 Å². The molecule has 9 atom stereocenters. The molecular weight excluding hydrogens is 280 g/mol. The van der Waals surface area contributed by atoms with Gasteiger partial charge in [-0.05, 0) is 66.6 Å². The van der Waals surface area contributed by atoms with Crippen molar-refractivity contribution < 1.29 is 5.11 Å². The highest BCUT2D eigenvalue weighted by molar-refractivity contribution is 5.25. The van der Waals surface area contributed by atoms with E-state index in [4.69, 9.17) is 0 Å². The minimum atomic E-state index is -0.704. The molecule has 0 spiro atoms. The van der Waals surface area contributed by atoms with E-state index in [1.807, 2.05) is 6.08 Å². The van der Waals surface area contributed by atoms with Gasteiger partial charge in [-0.2, -0.15) is 0 Å². The number of hydrogen-bond donors (Lipinski definition) is 1. The first-order chi connectivity index (χ1) is 11.1. The van der Waals surface area contributed by atoms with Crippen LogP contribution < -0.4 is 0 Å². The fourth-order valence-electron chi connectivity index (χ4n) is 6.52. The number of hydrogen-bond acceptors (Lipinski definition) is 1. The second kappa shape index (κ2) is 5.94. The zero-order valence-corrected chi connectivity index (χ0v) is 14.1. The summed E-state index contributed by atoms with van der Waals surface area (Å²) >= 11 is 0. The zero-order chi connectivity index (χ0) is 16.8. The monoisotopic (exact) mass is 310 g/mol. The SMILES string of the molecule is C=CCC1(O)[C@H]2[C@@H]([C@@H]3[C@H]1[C@@H](C=C)C[C@H]3C=C)[C@@H](C=C)C[C@H]2C=C. The minimum Gasteiger partial charge on any atom is -0.389 e. The molecule has 0 aromatic heterocycles. The molecule has 1 nitrogen and oxygen atoms in total. The lowest BCUT2D eigenvalue weighted by Crippen LogP contribution is -2.44. The summed E-state index contributed by atoms with van der Waals surface area (Å²) in [6.45, 7) is 20.2. The Morgan fingerprint density at radius 2 is 1.13 bits per heavy atom. The Morgan fingerprint density at radius 3 is 1.43 bits per heavy atom. The molecule has 1 N–H and O–H groups in total. The molecule has 124 valence electrons. The van der Waals surface area contributed by atoms with E-state index in [-0.39, 0.29) is 11.8 Å². The van der Waals surface area contributed by atoms with Crippen molar-refractivity contribution in [3.05, 3.63) is 63.3 Å². The molecule has 1 heteroatoms. The van der Waals surface area contributed by atoms with Crippen LogP contribution in [-0.4, -0.2) is 10.7 Å². The van der Waals surface area contributed by atoms with Gasteiger partial charge in [0.25, 0.3) is 0 Å². The van der Waals surface area contributed by atoms with E-state index in [0.29, 0.717) is 41.9 Å². The van der Waals surface area contributed by atoms with Crippen LogP contribution in [0.1, 0.15) is 19.3 Å². The van der Waals surface area contributed by atoms with Crippen LogP contribution in [0.15, 0.2) is 63.3 Å². The molecule has 3 aliphatic rings. The van der Waals surface area contributed by atoms with Gasteiger partial charge in [-0.1, -0.05) is 30.4 Å². The first kappa shape index (κ1) is 16.5. The second-order valence-electron chi connectivity index (χ2n) is 7.76. The van der Waals surface area contributed by atoms with Crippen molar-refractivity contribution in [2.45, 2.75) is 24.9 Å². The quantitative estimate of drug-likeness (QED) is 0.699. The van der Waals surface area contributed by atoms with Gasteiger partial charge in [0.05, 0.1) is 5.60 Å². The lowest BCUT2D eigenvalue weighted by Gasteiger charge is -2.38. The van der Waals surface area contributed by atoms with Crippen LogP contribution in [0.5, 0.6) is 0 Å². The van der Waals surface area contributed by atoms with E-state index in [0.717, 1.165) is 12.8 Å². The fourth-order valence-corrected chi connectivity index (χ4v) is 6.52. The third-order valence-corrected chi connectivity index (χ3v) is 7.11. The van der Waals surface area contributed by atoms with Gasteiger partial charge in [-0.3, -0.25) is 0 Å². The highest BCUT2D eigenvalue weighted by atomic mass is 16.3. The summed E-state index contributed by atoms with van der Waals surface area (Å²) in [5, 5.41) is 11.8. The standard InChI is InChI=1S/C22H30O/c1-6-11-22(23)20-16(9-4)12-14(7-2)18(20)19-15(8-3)13-17(10-5)21(19)22/h6-10,14-21,23H,1-5,11-13H2/t14-,15+,16+,17-,18-,19-,20-,21-,22?/m1/s1. The molecule has 0 bridgehead atoms. The maximum atomic E-state index is 11.8. The predicted octanol–water partition coefficient (Wildman–Crippen LogP) is 4.79. The lowest BCUT2D eigenvalue weighted by atomic mass is 9.72. The highest BCUT2D eigenvalue weighted by Gasteiger charge is 2.68. The second-order valence-corrected chi connectivity index (χ2v) is 7.76. The molecule has 1 unspecified atom stereocenters. The molecule has 0 heterocycles. The van der Waals surface area contributed by atoms with Gasteiger partial charge < -0.3 is 5.11 Å². The molecular formula is C22H30O. The average molecular weight is 310 g/mol. The summed E-state index contributed by atoms with van der Waals surface area (Å²) in [7, 11) is 0. The Kier molecular flexibility index (Phi) is 4.27. The van der Waals surface area contributed by atoms with Crippen LogP contribution in [0.2, 0.25) is 0 Å². The molecule has 3 fully saturated rings. The smallest absolute Gasteiger partial charge is 0.0755 e. The van der Waals surface area contributed by atoms with Crippen molar-refractivity contribution in [1.82, 2.24) is 0 Å². The van der Waals surface area contributed by atoms with E-state index < -0.39 is 5.60 Å². The molecule has 3 rings (SSSR count). The van der Waals surface area contributed by atoms with Gasteiger partial charge >= 0.3 is 0 Å². The van der Waals surface area contributed by atoms with Crippen molar-refractivity contribution in [1.29, 1.82) is 0 Å². The number of allylic oxidation sites excluding steroid dienone is 4. The average Bonchev–Trinajstić information content (AvgIpc) is 3.18. The number of aliphatic hydroxyl groups is 1.